The topological polar surface area (TPSA) is 69.9 Å². The summed E-state index contributed by atoms with van der Waals surface area (Å²) in [4.78, 5) is 4.43. The maximum atomic E-state index is 5.73. The maximum Gasteiger partial charge on any atom is 0.257 e. The molecule has 7 heteroatoms. The lowest BCUT2D eigenvalue weighted by Gasteiger charge is -1.99. The molecule has 0 aliphatic rings. The third-order valence-corrected chi connectivity index (χ3v) is 4.86. The van der Waals surface area contributed by atoms with E-state index in [1.165, 1.54) is 11.8 Å². The second kappa shape index (κ2) is 5.14. The summed E-state index contributed by atoms with van der Waals surface area (Å²) in [5.74, 6) is 0.736. The summed E-state index contributed by atoms with van der Waals surface area (Å²) < 4.78 is 8.59. The molecule has 0 aliphatic carbocycles. The lowest BCUT2D eigenvalue weighted by atomic mass is 10.3. The van der Waals surface area contributed by atoms with Crippen molar-refractivity contribution < 1.29 is 4.42 Å². The van der Waals surface area contributed by atoms with E-state index in [2.05, 4.69) is 26.0 Å². The van der Waals surface area contributed by atoms with Crippen LogP contribution in [0.2, 0.25) is 0 Å². The molecule has 5 nitrogen and oxygen atoms in total. The van der Waals surface area contributed by atoms with Crippen LogP contribution in [0.25, 0.3) is 11.1 Å². The number of anilines is 1. The Kier molecular flexibility index (Phi) is 3.47. The van der Waals surface area contributed by atoms with Crippen molar-refractivity contribution >= 4 is 44.5 Å². The zero-order chi connectivity index (χ0) is 14.3. The van der Waals surface area contributed by atoms with E-state index in [1.54, 1.807) is 6.07 Å². The van der Waals surface area contributed by atoms with Crippen molar-refractivity contribution in [3.63, 3.8) is 0 Å². The van der Waals surface area contributed by atoms with E-state index in [9.17, 15) is 0 Å². The number of oxazole rings is 1. The molecule has 0 amide bonds. The minimum atomic E-state index is 0.636. The number of hydrogen-bond acceptors (Lipinski definition) is 5. The fourth-order valence-corrected chi connectivity index (χ4v) is 3.51. The molecule has 0 unspecified atom stereocenters. The lowest BCUT2D eigenvalue weighted by Crippen LogP contribution is -1.96. The Morgan fingerprint density at radius 2 is 2.25 bits per heavy atom. The molecule has 2 aromatic heterocycles. The van der Waals surface area contributed by atoms with Crippen molar-refractivity contribution in [1.29, 1.82) is 0 Å². The lowest BCUT2D eigenvalue weighted by molar-refractivity contribution is 0.489. The third kappa shape index (κ3) is 2.43. The summed E-state index contributed by atoms with van der Waals surface area (Å²) in [6.07, 6.45) is 0. The van der Waals surface area contributed by atoms with Crippen LogP contribution in [0.5, 0.6) is 0 Å². The number of nitrogens with two attached hydrogens (primary N) is 1. The molecule has 104 valence electrons. The van der Waals surface area contributed by atoms with Gasteiger partial charge in [0.25, 0.3) is 5.22 Å². The van der Waals surface area contributed by atoms with Crippen molar-refractivity contribution in [1.82, 2.24) is 14.8 Å². The fourth-order valence-electron chi connectivity index (χ4n) is 1.95. The van der Waals surface area contributed by atoms with E-state index in [4.69, 9.17) is 10.2 Å². The van der Waals surface area contributed by atoms with Gasteiger partial charge in [-0.15, -0.1) is 0 Å². The number of nitrogens with zero attached hydrogens (tertiary/aromatic N) is 3. The van der Waals surface area contributed by atoms with E-state index < -0.39 is 0 Å². The van der Waals surface area contributed by atoms with Crippen LogP contribution >= 0.6 is 27.7 Å². The van der Waals surface area contributed by atoms with Gasteiger partial charge in [0.05, 0.1) is 15.9 Å². The van der Waals surface area contributed by atoms with Crippen molar-refractivity contribution in [2.45, 2.75) is 17.9 Å². The molecule has 0 saturated carbocycles. The molecule has 0 fully saturated rings. The van der Waals surface area contributed by atoms with Gasteiger partial charge in [0.2, 0.25) is 0 Å². The summed E-state index contributed by atoms with van der Waals surface area (Å²) in [5, 5.41) is 5.00. The number of benzene rings is 1. The van der Waals surface area contributed by atoms with Crippen LogP contribution in [0, 0.1) is 6.92 Å². The van der Waals surface area contributed by atoms with Gasteiger partial charge in [-0.1, -0.05) is 11.8 Å². The van der Waals surface area contributed by atoms with Crippen molar-refractivity contribution in [3.8, 4) is 0 Å². The molecule has 0 bridgehead atoms. The maximum absolute atomic E-state index is 5.73. The van der Waals surface area contributed by atoms with E-state index in [-0.39, 0.29) is 0 Å². The van der Waals surface area contributed by atoms with Gasteiger partial charge >= 0.3 is 0 Å². The first-order chi connectivity index (χ1) is 9.54. The van der Waals surface area contributed by atoms with E-state index in [0.29, 0.717) is 16.5 Å². The average Bonchev–Trinajstić information content (AvgIpc) is 2.89. The van der Waals surface area contributed by atoms with Gasteiger partial charge in [0, 0.05) is 24.6 Å². The Morgan fingerprint density at radius 1 is 1.45 bits per heavy atom. The number of aromatic nitrogens is 3. The standard InChI is InChI=1S/C13H13BrN4OS/c1-7-12(14)10(18(2)17-7)6-20-13-16-9-4-3-8(15)5-11(9)19-13/h3-5H,6,15H2,1-2H3. The van der Waals surface area contributed by atoms with Gasteiger partial charge in [-0.25, -0.2) is 4.98 Å². The fraction of sp³-hybridized carbons (Fsp3) is 0.231. The third-order valence-electron chi connectivity index (χ3n) is 2.99. The summed E-state index contributed by atoms with van der Waals surface area (Å²) in [6, 6.07) is 5.47. The Labute approximate surface area is 128 Å². The molecular weight excluding hydrogens is 340 g/mol. The number of nitrogen functional groups attached to an aromatic ring is 1. The van der Waals surface area contributed by atoms with Crippen molar-refractivity contribution in [2.75, 3.05) is 5.73 Å². The first kappa shape index (κ1) is 13.5. The van der Waals surface area contributed by atoms with Gasteiger partial charge in [0.15, 0.2) is 5.58 Å². The van der Waals surface area contributed by atoms with Gasteiger partial charge in [0.1, 0.15) is 5.52 Å². The van der Waals surface area contributed by atoms with Crippen molar-refractivity contribution in [3.05, 3.63) is 34.1 Å². The zero-order valence-corrected chi connectivity index (χ0v) is 13.5. The minimum Gasteiger partial charge on any atom is -0.431 e. The highest BCUT2D eigenvalue weighted by Crippen LogP contribution is 2.30. The highest BCUT2D eigenvalue weighted by molar-refractivity contribution is 9.10. The summed E-state index contributed by atoms with van der Waals surface area (Å²) in [5.41, 5.74) is 10.0. The Morgan fingerprint density at radius 3 is 2.95 bits per heavy atom. The monoisotopic (exact) mass is 352 g/mol. The largest absolute Gasteiger partial charge is 0.431 e. The molecule has 0 spiro atoms. The van der Waals surface area contributed by atoms with Gasteiger partial charge in [-0.05, 0) is 35.0 Å². The van der Waals surface area contributed by atoms with Crippen LogP contribution in [0.4, 0.5) is 5.69 Å². The predicted octanol–water partition coefficient (Wildman–Crippen LogP) is 3.51. The Balaban J connectivity index is 1.83. The Bertz CT molecular complexity index is 780. The number of thioether (sulfide) groups is 1. The summed E-state index contributed by atoms with van der Waals surface area (Å²) in [7, 11) is 1.93. The molecular formula is C13H13BrN4OS. The molecule has 0 aliphatic heterocycles. The first-order valence-corrected chi connectivity index (χ1v) is 7.79. The second-order valence-corrected chi connectivity index (χ2v) is 6.18. The zero-order valence-electron chi connectivity index (χ0n) is 11.1. The van der Waals surface area contributed by atoms with Crippen LogP contribution in [0.15, 0.2) is 32.3 Å². The number of aryl methyl sites for hydroxylation is 2. The number of hydrogen-bond donors (Lipinski definition) is 1. The SMILES string of the molecule is Cc1nn(C)c(CSc2nc3ccc(N)cc3o2)c1Br. The van der Waals surface area contributed by atoms with Gasteiger partial charge < -0.3 is 10.2 Å². The molecule has 20 heavy (non-hydrogen) atoms. The molecule has 1 aromatic carbocycles. The van der Waals surface area contributed by atoms with E-state index in [0.717, 1.165) is 27.1 Å². The van der Waals surface area contributed by atoms with Gasteiger partial charge in [-0.2, -0.15) is 5.10 Å². The van der Waals surface area contributed by atoms with Crippen LogP contribution in [-0.4, -0.2) is 14.8 Å². The van der Waals surface area contributed by atoms with Crippen LogP contribution in [-0.2, 0) is 12.8 Å². The number of rotatable bonds is 3. The molecule has 0 atom stereocenters. The van der Waals surface area contributed by atoms with E-state index in [1.807, 2.05) is 30.8 Å². The highest BCUT2D eigenvalue weighted by atomic mass is 79.9. The highest BCUT2D eigenvalue weighted by Gasteiger charge is 2.13. The average molecular weight is 353 g/mol. The van der Waals surface area contributed by atoms with Gasteiger partial charge in [-0.3, -0.25) is 4.68 Å². The quantitative estimate of drug-likeness (QED) is 0.576. The molecule has 2 heterocycles. The molecule has 0 radical (unpaired) electrons. The van der Waals surface area contributed by atoms with Crippen molar-refractivity contribution in [2.24, 2.45) is 7.05 Å². The Hall–Kier alpha value is -1.47. The van der Waals surface area contributed by atoms with E-state index >= 15 is 0 Å². The van der Waals surface area contributed by atoms with Crippen LogP contribution < -0.4 is 5.73 Å². The number of fused-ring (bicyclic) bond motifs is 1. The normalized spacial score (nSPS) is 11.3. The number of halogens is 1. The summed E-state index contributed by atoms with van der Waals surface area (Å²) in [6.45, 7) is 1.97. The smallest absolute Gasteiger partial charge is 0.257 e. The molecule has 0 saturated heterocycles. The van der Waals surface area contributed by atoms with Crippen LogP contribution in [0.3, 0.4) is 0 Å². The summed E-state index contributed by atoms with van der Waals surface area (Å²) >= 11 is 5.09. The minimum absolute atomic E-state index is 0.636. The predicted molar refractivity (Wildman–Crippen MR) is 83.6 cm³/mol. The second-order valence-electron chi connectivity index (χ2n) is 4.47. The molecule has 3 rings (SSSR count). The molecule has 3 aromatic rings. The van der Waals surface area contributed by atoms with Crippen LogP contribution in [0.1, 0.15) is 11.4 Å². The first-order valence-electron chi connectivity index (χ1n) is 6.01. The molecule has 2 N–H and O–H groups in total.